The van der Waals surface area contributed by atoms with Crippen LogP contribution in [0.15, 0.2) is 35.3 Å². The van der Waals surface area contributed by atoms with E-state index in [-0.39, 0.29) is 11.9 Å². The minimum atomic E-state index is -0.489. The number of aromatic nitrogens is 1. The number of rotatable bonds is 7. The van der Waals surface area contributed by atoms with Crippen molar-refractivity contribution in [1.29, 1.82) is 0 Å². The van der Waals surface area contributed by atoms with Crippen molar-refractivity contribution in [3.63, 3.8) is 0 Å². The van der Waals surface area contributed by atoms with Gasteiger partial charge in [-0.25, -0.2) is 0 Å². The van der Waals surface area contributed by atoms with Gasteiger partial charge in [0, 0.05) is 47.3 Å². The molecule has 1 amide bonds. The number of carbonyl (C=O) groups excluding carboxylic acids is 1. The van der Waals surface area contributed by atoms with E-state index in [9.17, 15) is 9.90 Å². The lowest BCUT2D eigenvalue weighted by Crippen LogP contribution is -2.49. The van der Waals surface area contributed by atoms with Crippen LogP contribution in [0.2, 0.25) is 0 Å². The predicted molar refractivity (Wildman–Crippen MR) is 127 cm³/mol. The Labute approximate surface area is 194 Å². The third kappa shape index (κ3) is 4.95. The van der Waals surface area contributed by atoms with Gasteiger partial charge in [0.15, 0.2) is 0 Å². The molecular weight excluding hydrogens is 420 g/mol. The van der Waals surface area contributed by atoms with E-state index in [1.54, 1.807) is 30.5 Å². The first-order chi connectivity index (χ1) is 15.8. The molecular formula is C25H33N4O4+. The Balaban J connectivity index is 1.51. The fourth-order valence-electron chi connectivity index (χ4n) is 4.66. The number of nitrogens with two attached hydrogens (primary N) is 1. The molecule has 2 saturated carbocycles. The van der Waals surface area contributed by atoms with Gasteiger partial charge in [0.1, 0.15) is 12.9 Å². The minimum Gasteiger partial charge on any atom is -0.494 e. The second-order valence-electron chi connectivity index (χ2n) is 9.05. The number of aliphatic imine (C=N–C) groups is 1. The number of aryl methyl sites for hydroxylation is 1. The highest BCUT2D eigenvalue weighted by molar-refractivity contribution is 6.04. The summed E-state index contributed by atoms with van der Waals surface area (Å²) in [6, 6.07) is 8.96. The van der Waals surface area contributed by atoms with E-state index >= 15 is 0 Å². The maximum absolute atomic E-state index is 13.0. The molecule has 2 aromatic rings. The van der Waals surface area contributed by atoms with Crippen LogP contribution in [-0.4, -0.2) is 43.1 Å². The molecule has 2 aliphatic carbocycles. The number of nitrogen functional groups attached to an aromatic ring is 1. The van der Waals surface area contributed by atoms with Gasteiger partial charge in [-0.1, -0.05) is 0 Å². The first kappa shape index (κ1) is 23.0. The average Bonchev–Trinajstić information content (AvgIpc) is 3.66. The van der Waals surface area contributed by atoms with Crippen LogP contribution in [0, 0.1) is 12.8 Å². The summed E-state index contributed by atoms with van der Waals surface area (Å²) in [5, 5.41) is 13.6. The number of hydrogen-bond acceptors (Lipinski definition) is 6. The number of nitrogens with zero attached hydrogens (tertiary/aromatic N) is 2. The normalized spacial score (nSPS) is 22.8. The number of amides is 1. The van der Waals surface area contributed by atoms with Crippen molar-refractivity contribution in [2.24, 2.45) is 10.9 Å². The fraction of sp³-hybridized carbons (Fsp3) is 0.480. The molecule has 0 saturated heterocycles. The maximum atomic E-state index is 13.0. The van der Waals surface area contributed by atoms with E-state index in [1.165, 1.54) is 19.0 Å². The smallest absolute Gasteiger partial charge is 0.325 e. The van der Waals surface area contributed by atoms with Crippen LogP contribution in [0.25, 0.3) is 0 Å². The van der Waals surface area contributed by atoms with Crippen LogP contribution < -0.4 is 25.4 Å². The molecule has 0 unspecified atom stereocenters. The summed E-state index contributed by atoms with van der Waals surface area (Å²) in [6.07, 6.45) is 7.40. The second-order valence-corrected chi connectivity index (χ2v) is 9.05. The van der Waals surface area contributed by atoms with Crippen molar-refractivity contribution >= 4 is 23.5 Å². The molecule has 176 valence electrons. The Hall–Kier alpha value is -3.13. The Morgan fingerprint density at radius 2 is 1.97 bits per heavy atom. The van der Waals surface area contributed by atoms with Crippen molar-refractivity contribution in [2.45, 2.75) is 57.1 Å². The highest BCUT2D eigenvalue weighted by atomic mass is 16.6. The summed E-state index contributed by atoms with van der Waals surface area (Å²) in [4.78, 5) is 23.1. The molecule has 0 bridgehead atoms. The van der Waals surface area contributed by atoms with Crippen LogP contribution in [-0.2, 0) is 0 Å². The Kier molecular flexibility index (Phi) is 6.56. The summed E-state index contributed by atoms with van der Waals surface area (Å²) in [7, 11) is 3.04. The number of pyridine rings is 1. The number of benzene rings is 1. The lowest BCUT2D eigenvalue weighted by molar-refractivity contribution is -0.890. The maximum Gasteiger partial charge on any atom is 0.325 e. The molecule has 4 N–H and O–H groups in total. The molecule has 8 nitrogen and oxygen atoms in total. The van der Waals surface area contributed by atoms with Gasteiger partial charge < -0.3 is 20.9 Å². The SMILES string of the molecule is COc1cc(N)c(C=NC2CCC(O)(C3CC3)CC2)cc1NC(=O)c1cccc(C)[n+]1OC. The summed E-state index contributed by atoms with van der Waals surface area (Å²) in [5.74, 6) is 0.607. The van der Waals surface area contributed by atoms with Crippen molar-refractivity contribution in [2.75, 3.05) is 25.3 Å². The number of ether oxygens (including phenoxy) is 1. The van der Waals surface area contributed by atoms with E-state index in [1.807, 2.05) is 13.0 Å². The summed E-state index contributed by atoms with van der Waals surface area (Å²) >= 11 is 0. The van der Waals surface area contributed by atoms with Gasteiger partial charge in [-0.15, -0.1) is 0 Å². The van der Waals surface area contributed by atoms with Gasteiger partial charge in [0.05, 0.1) is 24.4 Å². The number of carbonyl (C=O) groups is 1. The standard InChI is InChI=1S/C25H32N4O4/c1-16-5-4-6-22(29(16)33-3)24(30)28-21-13-17(20(26)14-23(21)32-2)15-27-19-9-11-25(31,12-10-19)18-7-8-18/h4-6,13-15,18-19,26,30-31H,7-12H2,1-3H3/p+1. The molecule has 33 heavy (non-hydrogen) atoms. The van der Waals surface area contributed by atoms with E-state index in [2.05, 4.69) is 5.32 Å². The molecule has 1 heterocycles. The topological polar surface area (TPSA) is 110 Å². The summed E-state index contributed by atoms with van der Waals surface area (Å²) < 4.78 is 6.90. The van der Waals surface area contributed by atoms with Gasteiger partial charge in [0.2, 0.25) is 5.69 Å². The zero-order valence-electron chi connectivity index (χ0n) is 19.5. The number of anilines is 2. The van der Waals surface area contributed by atoms with Crippen molar-refractivity contribution < 1.29 is 24.2 Å². The average molecular weight is 454 g/mol. The second kappa shape index (κ2) is 9.39. The Morgan fingerprint density at radius 1 is 1.24 bits per heavy atom. The molecule has 1 aromatic heterocycles. The van der Waals surface area contributed by atoms with Crippen LogP contribution >= 0.6 is 0 Å². The van der Waals surface area contributed by atoms with Gasteiger partial charge in [-0.3, -0.25) is 14.6 Å². The summed E-state index contributed by atoms with van der Waals surface area (Å²) in [5.41, 5.74) is 8.61. The third-order valence-corrected chi connectivity index (χ3v) is 6.78. The molecule has 8 heteroatoms. The largest absolute Gasteiger partial charge is 0.494 e. The first-order valence-corrected chi connectivity index (χ1v) is 11.4. The molecule has 0 radical (unpaired) electrons. The van der Waals surface area contributed by atoms with Crippen molar-refractivity contribution in [3.8, 4) is 5.75 Å². The number of hydrogen-bond donors (Lipinski definition) is 3. The van der Waals surface area contributed by atoms with Crippen LogP contribution in [0.3, 0.4) is 0 Å². The monoisotopic (exact) mass is 453 g/mol. The van der Waals surface area contributed by atoms with Crippen molar-refractivity contribution in [1.82, 2.24) is 0 Å². The zero-order valence-corrected chi connectivity index (χ0v) is 19.5. The molecule has 4 rings (SSSR count). The molecule has 2 aliphatic rings. The third-order valence-electron chi connectivity index (χ3n) is 6.78. The van der Waals surface area contributed by atoms with Gasteiger partial charge >= 0.3 is 11.6 Å². The number of nitrogens with one attached hydrogen (secondary N) is 1. The molecule has 0 spiro atoms. The highest BCUT2D eigenvalue weighted by Crippen LogP contribution is 2.47. The molecule has 0 aliphatic heterocycles. The first-order valence-electron chi connectivity index (χ1n) is 11.4. The Morgan fingerprint density at radius 3 is 2.61 bits per heavy atom. The summed E-state index contributed by atoms with van der Waals surface area (Å²) in [6.45, 7) is 1.86. The van der Waals surface area contributed by atoms with Gasteiger partial charge in [-0.2, -0.15) is 0 Å². The number of aliphatic hydroxyl groups is 1. The predicted octanol–water partition coefficient (Wildman–Crippen LogP) is 2.69. The van der Waals surface area contributed by atoms with Crippen LogP contribution in [0.5, 0.6) is 5.75 Å². The zero-order chi connectivity index (χ0) is 23.6. The van der Waals surface area contributed by atoms with E-state index in [0.717, 1.165) is 44.2 Å². The van der Waals surface area contributed by atoms with E-state index < -0.39 is 5.60 Å². The lowest BCUT2D eigenvalue weighted by atomic mass is 9.79. The quantitative estimate of drug-likeness (QED) is 0.339. The lowest BCUT2D eigenvalue weighted by Gasteiger charge is -2.35. The van der Waals surface area contributed by atoms with Gasteiger partial charge in [-0.05, 0) is 56.6 Å². The molecule has 2 fully saturated rings. The van der Waals surface area contributed by atoms with E-state index in [0.29, 0.717) is 34.3 Å². The highest BCUT2D eigenvalue weighted by Gasteiger charge is 2.45. The van der Waals surface area contributed by atoms with Gasteiger partial charge in [0.25, 0.3) is 0 Å². The molecule has 1 aromatic carbocycles. The van der Waals surface area contributed by atoms with Crippen molar-refractivity contribution in [3.05, 3.63) is 47.3 Å². The van der Waals surface area contributed by atoms with E-state index in [4.69, 9.17) is 20.3 Å². The van der Waals surface area contributed by atoms with Crippen LogP contribution in [0.4, 0.5) is 11.4 Å². The molecule has 0 atom stereocenters. The minimum absolute atomic E-state index is 0.163. The Bertz CT molecular complexity index is 1060. The van der Waals surface area contributed by atoms with Crippen LogP contribution in [0.1, 0.15) is 60.3 Å². The fourth-order valence-corrected chi connectivity index (χ4v) is 4.66. The number of methoxy groups -OCH3 is 1.